The van der Waals surface area contributed by atoms with Crippen molar-refractivity contribution in [1.82, 2.24) is 4.90 Å². The normalized spacial score (nSPS) is 22.2. The number of carbonyl (C=O) groups is 2. The van der Waals surface area contributed by atoms with Crippen LogP contribution in [0.3, 0.4) is 0 Å². The first kappa shape index (κ1) is 15.4. The summed E-state index contributed by atoms with van der Waals surface area (Å²) in [6, 6.07) is 1.21. The molecule has 2 heterocycles. The van der Waals surface area contributed by atoms with Crippen LogP contribution in [-0.4, -0.2) is 39.1 Å². The summed E-state index contributed by atoms with van der Waals surface area (Å²) < 4.78 is 0. The summed E-state index contributed by atoms with van der Waals surface area (Å²) in [5, 5.41) is 9.26. The molecular weight excluding hydrogens is 294 g/mol. The average Bonchev–Trinajstić information content (AvgIpc) is 3.00. The predicted molar refractivity (Wildman–Crippen MR) is 82.6 cm³/mol. The number of thioether (sulfide) groups is 1. The zero-order chi connectivity index (χ0) is 14.9. The first-order valence-electron chi connectivity index (χ1n) is 6.75. The zero-order valence-electron chi connectivity index (χ0n) is 11.9. The molecule has 0 aliphatic carbocycles. The molecule has 1 aliphatic heterocycles. The number of hydrogen-bond acceptors (Lipinski definition) is 4. The summed E-state index contributed by atoms with van der Waals surface area (Å²) >= 11 is 3.02. The van der Waals surface area contributed by atoms with E-state index in [4.69, 9.17) is 0 Å². The van der Waals surface area contributed by atoms with Gasteiger partial charge in [-0.25, -0.2) is 4.79 Å². The molecule has 2 rings (SSSR count). The van der Waals surface area contributed by atoms with Gasteiger partial charge in [0.1, 0.15) is 6.04 Å². The van der Waals surface area contributed by atoms with Gasteiger partial charge < -0.3 is 10.0 Å². The molecule has 1 saturated heterocycles. The maximum Gasteiger partial charge on any atom is 0.327 e. The van der Waals surface area contributed by atoms with Gasteiger partial charge in [-0.3, -0.25) is 4.79 Å². The lowest BCUT2D eigenvalue weighted by Gasteiger charge is -2.26. The van der Waals surface area contributed by atoms with Crippen molar-refractivity contribution < 1.29 is 14.7 Å². The largest absolute Gasteiger partial charge is 0.480 e. The minimum Gasteiger partial charge on any atom is -0.480 e. The highest BCUT2D eigenvalue weighted by Crippen LogP contribution is 2.34. The Kier molecular flexibility index (Phi) is 4.75. The third-order valence-electron chi connectivity index (χ3n) is 3.57. The molecule has 20 heavy (non-hydrogen) atoms. The van der Waals surface area contributed by atoms with Crippen molar-refractivity contribution in [2.45, 2.75) is 45.0 Å². The Labute approximate surface area is 127 Å². The van der Waals surface area contributed by atoms with Crippen molar-refractivity contribution in [3.8, 4) is 0 Å². The molecule has 0 bridgehead atoms. The van der Waals surface area contributed by atoms with Gasteiger partial charge in [0.15, 0.2) is 0 Å². The third kappa shape index (κ3) is 2.72. The second kappa shape index (κ2) is 6.18. The number of carboxylic acid groups (broad SMARTS) is 1. The molecule has 110 valence electrons. The second-order valence-electron chi connectivity index (χ2n) is 4.81. The number of thiophene rings is 1. The van der Waals surface area contributed by atoms with Crippen LogP contribution < -0.4 is 0 Å². The topological polar surface area (TPSA) is 57.6 Å². The smallest absolute Gasteiger partial charge is 0.327 e. The summed E-state index contributed by atoms with van der Waals surface area (Å²) in [5.41, 5.74) is 1.17. The molecule has 2 unspecified atom stereocenters. The van der Waals surface area contributed by atoms with Crippen molar-refractivity contribution in [2.75, 3.05) is 5.75 Å². The minimum atomic E-state index is -0.911. The number of carbonyl (C=O) groups excluding carboxylic acids is 1. The summed E-state index contributed by atoms with van der Waals surface area (Å²) in [6.45, 7) is 6.05. The number of aryl methyl sites for hydroxylation is 2. The van der Waals surface area contributed by atoms with Crippen LogP contribution in [0.2, 0.25) is 0 Å². The van der Waals surface area contributed by atoms with Crippen LogP contribution in [0.4, 0.5) is 0 Å². The minimum absolute atomic E-state index is 0.0314. The Morgan fingerprint density at radius 1 is 1.45 bits per heavy atom. The van der Waals surface area contributed by atoms with Crippen molar-refractivity contribution in [3.05, 3.63) is 21.4 Å². The van der Waals surface area contributed by atoms with Crippen molar-refractivity contribution in [3.63, 3.8) is 0 Å². The van der Waals surface area contributed by atoms with Gasteiger partial charge in [0.05, 0.1) is 10.3 Å². The van der Waals surface area contributed by atoms with E-state index in [1.165, 1.54) is 16.9 Å². The maximum atomic E-state index is 12.7. The molecule has 1 aromatic heterocycles. The van der Waals surface area contributed by atoms with Gasteiger partial charge in [-0.15, -0.1) is 23.1 Å². The summed E-state index contributed by atoms with van der Waals surface area (Å²) in [7, 11) is 0. The van der Waals surface area contributed by atoms with Gasteiger partial charge >= 0.3 is 5.97 Å². The summed E-state index contributed by atoms with van der Waals surface area (Å²) in [4.78, 5) is 27.4. The van der Waals surface area contributed by atoms with Crippen LogP contribution in [0.25, 0.3) is 0 Å². The molecule has 2 atom stereocenters. The van der Waals surface area contributed by atoms with Gasteiger partial charge in [0.2, 0.25) is 0 Å². The maximum absolute atomic E-state index is 12.7. The van der Waals surface area contributed by atoms with Gasteiger partial charge in [-0.1, -0.05) is 13.8 Å². The van der Waals surface area contributed by atoms with Crippen molar-refractivity contribution >= 4 is 35.0 Å². The average molecular weight is 313 g/mol. The number of nitrogens with zero attached hydrogens (tertiary/aromatic N) is 1. The van der Waals surface area contributed by atoms with E-state index in [0.717, 1.165) is 17.7 Å². The fourth-order valence-electron chi connectivity index (χ4n) is 2.44. The van der Waals surface area contributed by atoms with E-state index in [1.807, 2.05) is 19.9 Å². The Hall–Kier alpha value is -1.01. The van der Waals surface area contributed by atoms with E-state index >= 15 is 0 Å². The molecule has 1 aromatic rings. The van der Waals surface area contributed by atoms with Crippen LogP contribution in [0, 0.1) is 6.92 Å². The van der Waals surface area contributed by atoms with Crippen LogP contribution in [0.15, 0.2) is 6.07 Å². The highest BCUT2D eigenvalue weighted by Gasteiger charge is 2.41. The van der Waals surface area contributed by atoms with Gasteiger partial charge in [0, 0.05) is 10.6 Å². The lowest BCUT2D eigenvalue weighted by molar-refractivity contribution is -0.141. The Bertz CT molecular complexity index is 526. The molecule has 1 aliphatic rings. The van der Waals surface area contributed by atoms with E-state index in [0.29, 0.717) is 10.6 Å². The molecule has 6 heteroatoms. The highest BCUT2D eigenvalue weighted by atomic mass is 32.2. The fraction of sp³-hybridized carbons (Fsp3) is 0.571. The van der Waals surface area contributed by atoms with E-state index in [1.54, 1.807) is 16.7 Å². The van der Waals surface area contributed by atoms with Crippen LogP contribution in [0.5, 0.6) is 0 Å². The zero-order valence-corrected chi connectivity index (χ0v) is 13.5. The Balaban J connectivity index is 2.30. The van der Waals surface area contributed by atoms with Crippen LogP contribution >= 0.6 is 23.1 Å². The first-order chi connectivity index (χ1) is 9.49. The molecule has 1 fully saturated rings. The molecule has 0 radical (unpaired) electrons. The lowest BCUT2D eigenvalue weighted by Crippen LogP contribution is -2.45. The molecule has 1 N–H and O–H groups in total. The lowest BCUT2D eigenvalue weighted by atomic mass is 10.2. The number of carboxylic acids is 1. The predicted octanol–water partition coefficient (Wildman–Crippen LogP) is 3.00. The molecule has 1 amide bonds. The van der Waals surface area contributed by atoms with Gasteiger partial charge in [-0.05, 0) is 31.4 Å². The van der Waals surface area contributed by atoms with E-state index in [9.17, 15) is 14.7 Å². The Morgan fingerprint density at radius 2 is 2.15 bits per heavy atom. The molecule has 0 aromatic carbocycles. The number of rotatable bonds is 4. The monoisotopic (exact) mass is 313 g/mol. The molecule has 4 nitrogen and oxygen atoms in total. The highest BCUT2D eigenvalue weighted by molar-refractivity contribution is 8.00. The van der Waals surface area contributed by atoms with Crippen LogP contribution in [0.1, 0.15) is 40.4 Å². The Morgan fingerprint density at radius 3 is 2.65 bits per heavy atom. The van der Waals surface area contributed by atoms with Crippen molar-refractivity contribution in [1.29, 1.82) is 0 Å². The number of amides is 1. The standard InChI is InChI=1S/C14H19NO3S2/c1-4-9-6-11(20-8(9)3)13(16)15-10(14(17)18)7-19-12(15)5-2/h6,10,12H,4-5,7H2,1-3H3,(H,17,18). The summed E-state index contributed by atoms with van der Waals surface area (Å²) in [6.07, 6.45) is 1.66. The number of aliphatic carboxylic acids is 1. The summed E-state index contributed by atoms with van der Waals surface area (Å²) in [5.74, 6) is -0.572. The van der Waals surface area contributed by atoms with Gasteiger partial charge in [0.25, 0.3) is 5.91 Å². The number of hydrogen-bond donors (Lipinski definition) is 1. The van der Waals surface area contributed by atoms with E-state index in [-0.39, 0.29) is 11.3 Å². The van der Waals surface area contributed by atoms with E-state index < -0.39 is 12.0 Å². The SMILES string of the molecule is CCc1cc(C(=O)N2C(CC)SCC2C(=O)O)sc1C. The van der Waals surface area contributed by atoms with Crippen LogP contribution in [-0.2, 0) is 11.2 Å². The van der Waals surface area contributed by atoms with E-state index in [2.05, 4.69) is 6.92 Å². The quantitative estimate of drug-likeness (QED) is 0.928. The van der Waals surface area contributed by atoms with Crippen molar-refractivity contribution in [2.24, 2.45) is 0 Å². The molecule has 0 spiro atoms. The second-order valence-corrected chi connectivity index (χ2v) is 7.28. The fourth-order valence-corrected chi connectivity index (χ4v) is 4.85. The van der Waals surface area contributed by atoms with Gasteiger partial charge in [-0.2, -0.15) is 0 Å². The molecular formula is C14H19NO3S2. The molecule has 0 saturated carbocycles. The third-order valence-corrected chi connectivity index (χ3v) is 6.11. The first-order valence-corrected chi connectivity index (χ1v) is 8.62.